The molecule has 27 heavy (non-hydrogen) atoms. The van der Waals surface area contributed by atoms with Gasteiger partial charge in [0.1, 0.15) is 0 Å². The lowest BCUT2D eigenvalue weighted by Gasteiger charge is -2.42. The monoisotopic (exact) mass is 356 g/mol. The Kier molecular flexibility index (Phi) is 3.09. The highest BCUT2D eigenvalue weighted by atomic mass is 16.4. The highest BCUT2D eigenvalue weighted by Gasteiger charge is 2.47. The van der Waals surface area contributed by atoms with Crippen molar-refractivity contribution in [2.75, 3.05) is 4.90 Å². The van der Waals surface area contributed by atoms with Crippen LogP contribution in [-0.2, 0) is 5.41 Å². The van der Waals surface area contributed by atoms with E-state index < -0.39 is 5.97 Å². The molecule has 5 rings (SSSR count). The van der Waals surface area contributed by atoms with Crippen LogP contribution in [0.3, 0.4) is 0 Å². The maximum Gasteiger partial charge on any atom is 0.259 e. The summed E-state index contributed by atoms with van der Waals surface area (Å²) < 4.78 is 0. The zero-order chi connectivity index (χ0) is 18.9. The zero-order valence-electron chi connectivity index (χ0n) is 15.2. The van der Waals surface area contributed by atoms with Crippen molar-refractivity contribution in [3.63, 3.8) is 0 Å². The summed E-state index contributed by atoms with van der Waals surface area (Å²) >= 11 is 0. The molecule has 1 atom stereocenters. The first-order valence-corrected chi connectivity index (χ1v) is 9.10. The fraction of sp³-hybridized carbons (Fsp3) is 0.217. The van der Waals surface area contributed by atoms with Gasteiger partial charge in [-0.15, -0.1) is 0 Å². The van der Waals surface area contributed by atoms with Crippen LogP contribution in [0.5, 0.6) is 0 Å². The minimum Gasteiger partial charge on any atom is -0.545 e. The third-order valence-electron chi connectivity index (χ3n) is 5.99. The number of amides is 1. The molecule has 2 heterocycles. The number of anilines is 1. The summed E-state index contributed by atoms with van der Waals surface area (Å²) in [6.45, 7) is 4.37. The van der Waals surface area contributed by atoms with Crippen LogP contribution in [0.25, 0.3) is 10.8 Å². The number of benzene rings is 3. The van der Waals surface area contributed by atoms with Gasteiger partial charge in [-0.25, -0.2) is 0 Å². The molecule has 0 spiro atoms. The van der Waals surface area contributed by atoms with Gasteiger partial charge < -0.3 is 9.90 Å². The molecule has 3 aromatic rings. The molecule has 2 aliphatic heterocycles. The second-order valence-corrected chi connectivity index (χ2v) is 8.02. The number of carbonyl (C=O) groups excluding carboxylic acids is 2. The SMILES string of the molecule is CC1(C)C[C@@H]2c3cccc(C(=O)[O-])c3C(=O)N2c2c1ccc1ccccc21. The van der Waals surface area contributed by atoms with E-state index in [0.29, 0.717) is 0 Å². The number of fused-ring (bicyclic) bond motifs is 7. The van der Waals surface area contributed by atoms with Crippen molar-refractivity contribution in [1.29, 1.82) is 0 Å². The maximum absolute atomic E-state index is 13.4. The van der Waals surface area contributed by atoms with Gasteiger partial charge in [-0.3, -0.25) is 9.69 Å². The third kappa shape index (κ3) is 2.04. The Bertz CT molecular complexity index is 1150. The molecule has 0 saturated heterocycles. The van der Waals surface area contributed by atoms with E-state index in [2.05, 4.69) is 26.0 Å². The smallest absolute Gasteiger partial charge is 0.259 e. The van der Waals surface area contributed by atoms with Crippen LogP contribution < -0.4 is 10.0 Å². The number of hydrogen-bond donors (Lipinski definition) is 0. The van der Waals surface area contributed by atoms with Gasteiger partial charge in [0, 0.05) is 10.9 Å². The van der Waals surface area contributed by atoms with Crippen LogP contribution in [0, 0.1) is 0 Å². The molecule has 134 valence electrons. The molecule has 0 radical (unpaired) electrons. The van der Waals surface area contributed by atoms with Gasteiger partial charge >= 0.3 is 0 Å². The number of rotatable bonds is 1. The normalized spacial score (nSPS) is 19.6. The fourth-order valence-electron chi connectivity index (χ4n) is 4.77. The second-order valence-electron chi connectivity index (χ2n) is 8.02. The van der Waals surface area contributed by atoms with Gasteiger partial charge in [0.05, 0.1) is 23.3 Å². The van der Waals surface area contributed by atoms with Crippen LogP contribution in [0.2, 0.25) is 0 Å². The van der Waals surface area contributed by atoms with Crippen LogP contribution in [0.1, 0.15) is 58.2 Å². The van der Waals surface area contributed by atoms with Gasteiger partial charge in [-0.1, -0.05) is 68.4 Å². The fourth-order valence-corrected chi connectivity index (χ4v) is 4.77. The average Bonchev–Trinajstić information content (AvgIpc) is 2.92. The largest absolute Gasteiger partial charge is 0.545 e. The minimum atomic E-state index is -1.31. The molecule has 2 aliphatic rings. The van der Waals surface area contributed by atoms with E-state index in [1.807, 2.05) is 30.3 Å². The van der Waals surface area contributed by atoms with Crippen molar-refractivity contribution in [1.82, 2.24) is 0 Å². The standard InChI is InChI=1S/C23H19NO3/c1-23(2)12-18-15-8-5-9-16(22(26)27)19(15)21(25)24(18)20-14-7-4-3-6-13(14)10-11-17(20)23/h3-11,18H,12H2,1-2H3,(H,26,27)/p-1/t18-/m1/s1. The molecule has 0 aromatic heterocycles. The molecule has 0 fully saturated rings. The van der Waals surface area contributed by atoms with Crippen LogP contribution >= 0.6 is 0 Å². The quantitative estimate of drug-likeness (QED) is 0.669. The Labute approximate surface area is 157 Å². The lowest BCUT2D eigenvalue weighted by molar-refractivity contribution is -0.255. The summed E-state index contributed by atoms with van der Waals surface area (Å²) in [6.07, 6.45) is 0.744. The first kappa shape index (κ1) is 16.1. The molecular formula is C23H18NO3-. The average molecular weight is 356 g/mol. The second kappa shape index (κ2) is 5.19. The van der Waals surface area contributed by atoms with Gasteiger partial charge in [0.2, 0.25) is 0 Å². The Morgan fingerprint density at radius 3 is 2.63 bits per heavy atom. The van der Waals surface area contributed by atoms with Crippen molar-refractivity contribution in [3.8, 4) is 0 Å². The maximum atomic E-state index is 13.4. The van der Waals surface area contributed by atoms with Crippen LogP contribution in [0.15, 0.2) is 54.6 Å². The molecule has 0 unspecified atom stereocenters. The summed E-state index contributed by atoms with van der Waals surface area (Å²) in [5.41, 5.74) is 2.92. The molecule has 4 nitrogen and oxygen atoms in total. The highest BCUT2D eigenvalue weighted by Crippen LogP contribution is 2.54. The van der Waals surface area contributed by atoms with Crippen molar-refractivity contribution in [2.45, 2.75) is 31.7 Å². The predicted octanol–water partition coefficient (Wildman–Crippen LogP) is 3.59. The summed E-state index contributed by atoms with van der Waals surface area (Å²) in [4.78, 5) is 26.8. The summed E-state index contributed by atoms with van der Waals surface area (Å²) in [6, 6.07) is 17.1. The third-order valence-corrected chi connectivity index (χ3v) is 5.99. The van der Waals surface area contributed by atoms with Gasteiger partial charge in [0.25, 0.3) is 5.91 Å². The lowest BCUT2D eigenvalue weighted by Crippen LogP contribution is -2.39. The summed E-state index contributed by atoms with van der Waals surface area (Å²) in [5.74, 6) is -1.56. The molecule has 0 aliphatic carbocycles. The molecule has 0 N–H and O–H groups in total. The molecule has 0 bridgehead atoms. The van der Waals surface area contributed by atoms with E-state index in [1.165, 1.54) is 6.07 Å². The highest BCUT2D eigenvalue weighted by molar-refractivity contribution is 6.19. The van der Waals surface area contributed by atoms with E-state index >= 15 is 0 Å². The molecular weight excluding hydrogens is 338 g/mol. The first-order valence-electron chi connectivity index (χ1n) is 9.10. The number of hydrogen-bond acceptors (Lipinski definition) is 3. The Hall–Kier alpha value is -3.14. The van der Waals surface area contributed by atoms with Crippen molar-refractivity contribution in [3.05, 3.63) is 76.9 Å². The van der Waals surface area contributed by atoms with Crippen molar-refractivity contribution < 1.29 is 14.7 Å². The number of carbonyl (C=O) groups is 2. The lowest BCUT2D eigenvalue weighted by atomic mass is 9.73. The number of carboxylic acid groups (broad SMARTS) is 1. The molecule has 4 heteroatoms. The molecule has 3 aromatic carbocycles. The van der Waals surface area contributed by atoms with E-state index in [-0.39, 0.29) is 28.5 Å². The Balaban J connectivity index is 1.85. The predicted molar refractivity (Wildman–Crippen MR) is 102 cm³/mol. The molecule has 0 saturated carbocycles. The number of carboxylic acids is 1. The summed E-state index contributed by atoms with van der Waals surface area (Å²) in [5, 5.41) is 13.7. The van der Waals surface area contributed by atoms with Crippen molar-refractivity contribution >= 4 is 28.3 Å². The summed E-state index contributed by atoms with van der Waals surface area (Å²) in [7, 11) is 0. The number of nitrogens with zero attached hydrogens (tertiary/aromatic N) is 1. The Morgan fingerprint density at radius 1 is 1.07 bits per heavy atom. The van der Waals surface area contributed by atoms with Gasteiger partial charge in [-0.2, -0.15) is 0 Å². The van der Waals surface area contributed by atoms with Gasteiger partial charge in [-0.05, 0) is 28.3 Å². The van der Waals surface area contributed by atoms with Crippen molar-refractivity contribution in [2.24, 2.45) is 0 Å². The first-order chi connectivity index (χ1) is 12.9. The number of aromatic carboxylic acids is 1. The Morgan fingerprint density at radius 2 is 1.85 bits per heavy atom. The van der Waals surface area contributed by atoms with E-state index in [1.54, 1.807) is 11.0 Å². The van der Waals surface area contributed by atoms with E-state index in [4.69, 9.17) is 0 Å². The van der Waals surface area contributed by atoms with Crippen LogP contribution in [0.4, 0.5) is 5.69 Å². The van der Waals surface area contributed by atoms with Gasteiger partial charge in [0.15, 0.2) is 0 Å². The van der Waals surface area contributed by atoms with E-state index in [9.17, 15) is 14.7 Å². The van der Waals surface area contributed by atoms with E-state index in [0.717, 1.165) is 34.0 Å². The minimum absolute atomic E-state index is 0.0218. The topological polar surface area (TPSA) is 60.4 Å². The zero-order valence-corrected chi connectivity index (χ0v) is 15.2. The van der Waals surface area contributed by atoms with Crippen LogP contribution in [-0.4, -0.2) is 11.9 Å². The molecule has 1 amide bonds.